The van der Waals surface area contributed by atoms with Gasteiger partial charge in [-0.15, -0.1) is 0 Å². The number of nitrogens with two attached hydrogens (primary N) is 1. The number of benzene rings is 1. The van der Waals surface area contributed by atoms with Crippen molar-refractivity contribution in [2.24, 2.45) is 0 Å². The number of carbonyl (C=O) groups is 1. The average Bonchev–Trinajstić information content (AvgIpc) is 2.32. The van der Waals surface area contributed by atoms with E-state index in [0.29, 0.717) is 23.6 Å². The third kappa shape index (κ3) is 5.61. The first kappa shape index (κ1) is 15.3. The standard InChI is InChI=1S/C14H21NO4/c1-14(2,3)19-6-5-18-13(16)10-7-11(15)9-12(8-10)17-4/h7-9H,5-6,15H2,1-4H3. The summed E-state index contributed by atoms with van der Waals surface area (Å²) in [6.45, 7) is 6.38. The van der Waals surface area contributed by atoms with Crippen LogP contribution in [0.4, 0.5) is 5.69 Å². The summed E-state index contributed by atoms with van der Waals surface area (Å²) in [6.07, 6.45) is 0. The monoisotopic (exact) mass is 267 g/mol. The second-order valence-electron chi connectivity index (χ2n) is 5.09. The summed E-state index contributed by atoms with van der Waals surface area (Å²) in [5.41, 5.74) is 6.25. The van der Waals surface area contributed by atoms with Crippen molar-refractivity contribution in [1.82, 2.24) is 0 Å². The highest BCUT2D eigenvalue weighted by Gasteiger charge is 2.12. The SMILES string of the molecule is COc1cc(N)cc(C(=O)OCCOC(C)(C)C)c1. The predicted molar refractivity (Wildman–Crippen MR) is 73.4 cm³/mol. The van der Waals surface area contributed by atoms with Crippen molar-refractivity contribution in [1.29, 1.82) is 0 Å². The van der Waals surface area contributed by atoms with Crippen molar-refractivity contribution >= 4 is 11.7 Å². The van der Waals surface area contributed by atoms with Crippen LogP contribution in [-0.2, 0) is 9.47 Å². The van der Waals surface area contributed by atoms with E-state index in [1.54, 1.807) is 18.2 Å². The highest BCUT2D eigenvalue weighted by molar-refractivity contribution is 5.91. The van der Waals surface area contributed by atoms with Gasteiger partial charge in [-0.25, -0.2) is 4.79 Å². The molecule has 2 N–H and O–H groups in total. The van der Waals surface area contributed by atoms with E-state index in [1.807, 2.05) is 20.8 Å². The smallest absolute Gasteiger partial charge is 0.338 e. The summed E-state index contributed by atoms with van der Waals surface area (Å²) >= 11 is 0. The molecule has 0 aromatic heterocycles. The quantitative estimate of drug-likeness (QED) is 0.503. The van der Waals surface area contributed by atoms with Gasteiger partial charge in [0.25, 0.3) is 0 Å². The number of methoxy groups -OCH3 is 1. The molecule has 0 saturated heterocycles. The molecule has 0 saturated carbocycles. The van der Waals surface area contributed by atoms with Gasteiger partial charge in [0.2, 0.25) is 0 Å². The third-order valence-electron chi connectivity index (χ3n) is 2.25. The number of carbonyl (C=O) groups excluding carboxylic acids is 1. The van der Waals surface area contributed by atoms with Crippen LogP contribution in [0.15, 0.2) is 18.2 Å². The van der Waals surface area contributed by atoms with E-state index in [4.69, 9.17) is 19.9 Å². The molecular formula is C14H21NO4. The fourth-order valence-electron chi connectivity index (χ4n) is 1.42. The number of anilines is 1. The van der Waals surface area contributed by atoms with Crippen molar-refractivity contribution in [2.75, 3.05) is 26.1 Å². The number of nitrogen functional groups attached to an aromatic ring is 1. The molecule has 0 fully saturated rings. The Kier molecular flexibility index (Phi) is 5.18. The van der Waals surface area contributed by atoms with Crippen molar-refractivity contribution < 1.29 is 19.0 Å². The number of rotatable bonds is 5. The van der Waals surface area contributed by atoms with E-state index < -0.39 is 5.97 Å². The normalized spacial score (nSPS) is 11.2. The Morgan fingerprint density at radius 3 is 2.47 bits per heavy atom. The molecule has 0 aliphatic rings. The Morgan fingerprint density at radius 2 is 1.89 bits per heavy atom. The van der Waals surface area contributed by atoms with Crippen molar-refractivity contribution in [3.63, 3.8) is 0 Å². The van der Waals surface area contributed by atoms with Crippen LogP contribution < -0.4 is 10.5 Å². The van der Waals surface area contributed by atoms with Gasteiger partial charge in [-0.2, -0.15) is 0 Å². The second-order valence-corrected chi connectivity index (χ2v) is 5.09. The van der Waals surface area contributed by atoms with Gasteiger partial charge in [-0.3, -0.25) is 0 Å². The van der Waals surface area contributed by atoms with Gasteiger partial charge in [0.1, 0.15) is 12.4 Å². The minimum absolute atomic E-state index is 0.202. The highest BCUT2D eigenvalue weighted by atomic mass is 16.6. The van der Waals surface area contributed by atoms with E-state index in [2.05, 4.69) is 0 Å². The molecule has 0 atom stereocenters. The van der Waals surface area contributed by atoms with Gasteiger partial charge in [0.05, 0.1) is 24.9 Å². The molecule has 1 rings (SSSR count). The summed E-state index contributed by atoms with van der Waals surface area (Å²) in [5.74, 6) is 0.0843. The van der Waals surface area contributed by atoms with Crippen LogP contribution in [0, 0.1) is 0 Å². The van der Waals surface area contributed by atoms with Crippen molar-refractivity contribution in [3.8, 4) is 5.75 Å². The maximum absolute atomic E-state index is 11.8. The number of ether oxygens (including phenoxy) is 3. The lowest BCUT2D eigenvalue weighted by Gasteiger charge is -2.19. The lowest BCUT2D eigenvalue weighted by molar-refractivity contribution is -0.0281. The molecule has 1 aromatic carbocycles. The molecule has 19 heavy (non-hydrogen) atoms. The van der Waals surface area contributed by atoms with Crippen molar-refractivity contribution in [2.45, 2.75) is 26.4 Å². The second kappa shape index (κ2) is 6.43. The molecule has 0 unspecified atom stereocenters. The molecule has 0 heterocycles. The lowest BCUT2D eigenvalue weighted by atomic mass is 10.2. The van der Waals surface area contributed by atoms with Gasteiger partial charge < -0.3 is 19.9 Å². The number of hydrogen-bond donors (Lipinski definition) is 1. The highest BCUT2D eigenvalue weighted by Crippen LogP contribution is 2.19. The van der Waals surface area contributed by atoms with Crippen LogP contribution in [0.5, 0.6) is 5.75 Å². The Labute approximate surface area is 113 Å². The Balaban J connectivity index is 2.52. The fraction of sp³-hybridized carbons (Fsp3) is 0.500. The summed E-state index contributed by atoms with van der Waals surface area (Å²) in [6, 6.07) is 4.78. The minimum Gasteiger partial charge on any atom is -0.497 e. The first-order valence-electron chi connectivity index (χ1n) is 6.07. The van der Waals surface area contributed by atoms with E-state index in [-0.39, 0.29) is 12.2 Å². The van der Waals surface area contributed by atoms with E-state index >= 15 is 0 Å². The van der Waals surface area contributed by atoms with Crippen LogP contribution in [0.2, 0.25) is 0 Å². The largest absolute Gasteiger partial charge is 0.497 e. The first-order chi connectivity index (χ1) is 8.81. The summed E-state index contributed by atoms with van der Waals surface area (Å²) in [5, 5.41) is 0. The van der Waals surface area contributed by atoms with Gasteiger partial charge in [-0.1, -0.05) is 0 Å². The predicted octanol–water partition coefficient (Wildman–Crippen LogP) is 2.25. The van der Waals surface area contributed by atoms with Gasteiger partial charge in [-0.05, 0) is 32.9 Å². The van der Waals surface area contributed by atoms with Gasteiger partial charge in [0.15, 0.2) is 0 Å². The molecule has 0 radical (unpaired) electrons. The molecule has 0 aliphatic heterocycles. The maximum atomic E-state index is 11.8. The molecule has 0 aliphatic carbocycles. The van der Waals surface area contributed by atoms with E-state index in [9.17, 15) is 4.79 Å². The Hall–Kier alpha value is -1.75. The van der Waals surface area contributed by atoms with Gasteiger partial charge in [0, 0.05) is 11.8 Å². The first-order valence-corrected chi connectivity index (χ1v) is 6.07. The van der Waals surface area contributed by atoms with Crippen LogP contribution in [0.1, 0.15) is 31.1 Å². The number of esters is 1. The fourth-order valence-corrected chi connectivity index (χ4v) is 1.42. The van der Waals surface area contributed by atoms with Crippen molar-refractivity contribution in [3.05, 3.63) is 23.8 Å². The van der Waals surface area contributed by atoms with Crippen LogP contribution >= 0.6 is 0 Å². The minimum atomic E-state index is -0.442. The van der Waals surface area contributed by atoms with E-state index in [1.165, 1.54) is 7.11 Å². The maximum Gasteiger partial charge on any atom is 0.338 e. The zero-order valence-corrected chi connectivity index (χ0v) is 11.9. The molecule has 0 amide bonds. The Bertz CT molecular complexity index is 438. The van der Waals surface area contributed by atoms with E-state index in [0.717, 1.165) is 0 Å². The van der Waals surface area contributed by atoms with Crippen LogP contribution in [0.25, 0.3) is 0 Å². The summed E-state index contributed by atoms with van der Waals surface area (Å²) in [7, 11) is 1.51. The zero-order chi connectivity index (χ0) is 14.5. The molecule has 106 valence electrons. The molecule has 0 bridgehead atoms. The number of hydrogen-bond acceptors (Lipinski definition) is 5. The van der Waals surface area contributed by atoms with Gasteiger partial charge >= 0.3 is 5.97 Å². The molecule has 0 spiro atoms. The zero-order valence-electron chi connectivity index (χ0n) is 11.9. The third-order valence-corrected chi connectivity index (χ3v) is 2.25. The topological polar surface area (TPSA) is 70.8 Å². The molecule has 1 aromatic rings. The summed E-state index contributed by atoms with van der Waals surface area (Å²) < 4.78 is 15.6. The molecular weight excluding hydrogens is 246 g/mol. The average molecular weight is 267 g/mol. The Morgan fingerprint density at radius 1 is 1.21 bits per heavy atom. The molecule has 5 nitrogen and oxygen atoms in total. The van der Waals surface area contributed by atoms with Crippen LogP contribution in [-0.4, -0.2) is 31.9 Å². The summed E-state index contributed by atoms with van der Waals surface area (Å²) in [4.78, 5) is 11.8. The lowest BCUT2D eigenvalue weighted by Crippen LogP contribution is -2.22. The molecule has 5 heteroatoms. The van der Waals surface area contributed by atoms with Crippen LogP contribution in [0.3, 0.4) is 0 Å².